The van der Waals surface area contributed by atoms with Crippen molar-refractivity contribution in [3.63, 3.8) is 0 Å². The van der Waals surface area contributed by atoms with Crippen LogP contribution in [0.1, 0.15) is 15.9 Å². The minimum absolute atomic E-state index is 0.272. The molecule has 2 N–H and O–H groups in total. The van der Waals surface area contributed by atoms with Crippen LogP contribution in [0.15, 0.2) is 72.9 Å². The second-order valence-electron chi connectivity index (χ2n) is 5.17. The number of rotatable bonds is 5. The summed E-state index contributed by atoms with van der Waals surface area (Å²) in [4.78, 5) is 16.6. The molecule has 5 heteroatoms. The SMILES string of the molecule is O=C(NCc1ccccc1)c1cccnc1Nc1ccccc1F. The summed E-state index contributed by atoms with van der Waals surface area (Å²) in [6.45, 7) is 0.410. The van der Waals surface area contributed by atoms with Crippen LogP contribution in [0.4, 0.5) is 15.9 Å². The zero-order valence-corrected chi connectivity index (χ0v) is 12.9. The molecule has 1 amide bonds. The topological polar surface area (TPSA) is 54.0 Å². The summed E-state index contributed by atoms with van der Waals surface area (Å²) in [5.74, 6) is -0.363. The second kappa shape index (κ2) is 7.37. The lowest BCUT2D eigenvalue weighted by molar-refractivity contribution is 0.0951. The number of carbonyl (C=O) groups is 1. The highest BCUT2D eigenvalue weighted by Gasteiger charge is 2.13. The number of nitrogens with zero attached hydrogens (tertiary/aromatic N) is 1. The molecule has 0 atom stereocenters. The van der Waals surface area contributed by atoms with Crippen LogP contribution in [0.25, 0.3) is 0 Å². The van der Waals surface area contributed by atoms with E-state index in [1.807, 2.05) is 30.3 Å². The van der Waals surface area contributed by atoms with E-state index in [-0.39, 0.29) is 11.6 Å². The molecule has 120 valence electrons. The van der Waals surface area contributed by atoms with E-state index in [2.05, 4.69) is 15.6 Å². The Bertz CT molecular complexity index is 837. The summed E-state index contributed by atoms with van der Waals surface area (Å²) >= 11 is 0. The lowest BCUT2D eigenvalue weighted by Crippen LogP contribution is -2.24. The van der Waals surface area contributed by atoms with Gasteiger partial charge < -0.3 is 10.6 Å². The highest BCUT2D eigenvalue weighted by Crippen LogP contribution is 2.20. The number of halogens is 1. The summed E-state index contributed by atoms with van der Waals surface area (Å²) in [6, 6.07) is 19.2. The Balaban J connectivity index is 1.76. The number of nitrogens with one attached hydrogen (secondary N) is 2. The van der Waals surface area contributed by atoms with Gasteiger partial charge in [-0.15, -0.1) is 0 Å². The van der Waals surface area contributed by atoms with Crippen LogP contribution >= 0.6 is 0 Å². The molecule has 0 unspecified atom stereocenters. The molecule has 0 aliphatic heterocycles. The standard InChI is InChI=1S/C19H16FN3O/c20-16-10-4-5-11-17(16)23-18-15(9-6-12-21-18)19(24)22-13-14-7-2-1-3-8-14/h1-12H,13H2,(H,21,23)(H,22,24). The van der Waals surface area contributed by atoms with E-state index in [0.29, 0.717) is 17.9 Å². The number of carbonyl (C=O) groups excluding carboxylic acids is 1. The monoisotopic (exact) mass is 321 g/mol. The van der Waals surface area contributed by atoms with Gasteiger partial charge in [0.05, 0.1) is 11.3 Å². The van der Waals surface area contributed by atoms with Crippen LogP contribution in [0.2, 0.25) is 0 Å². The van der Waals surface area contributed by atoms with Gasteiger partial charge in [-0.3, -0.25) is 4.79 Å². The number of amides is 1. The molecule has 0 spiro atoms. The minimum atomic E-state index is -0.404. The number of hydrogen-bond acceptors (Lipinski definition) is 3. The summed E-state index contributed by atoms with van der Waals surface area (Å²) in [5, 5.41) is 5.72. The van der Waals surface area contributed by atoms with Crippen LogP contribution in [0, 0.1) is 5.82 Å². The van der Waals surface area contributed by atoms with Gasteiger partial charge in [-0.2, -0.15) is 0 Å². The van der Waals surface area contributed by atoms with Gasteiger partial charge >= 0.3 is 0 Å². The lowest BCUT2D eigenvalue weighted by Gasteiger charge is -2.11. The Kier molecular flexibility index (Phi) is 4.81. The minimum Gasteiger partial charge on any atom is -0.348 e. The predicted octanol–water partition coefficient (Wildman–Crippen LogP) is 3.89. The second-order valence-corrected chi connectivity index (χ2v) is 5.17. The molecule has 0 bridgehead atoms. The number of benzene rings is 2. The molecule has 3 rings (SSSR count). The van der Waals surface area contributed by atoms with Crippen molar-refractivity contribution in [2.24, 2.45) is 0 Å². The van der Waals surface area contributed by atoms with Crippen LogP contribution in [0.5, 0.6) is 0 Å². The molecule has 0 radical (unpaired) electrons. The largest absolute Gasteiger partial charge is 0.348 e. The number of aromatic nitrogens is 1. The summed E-state index contributed by atoms with van der Waals surface area (Å²) in [7, 11) is 0. The van der Waals surface area contributed by atoms with Gasteiger partial charge in [-0.25, -0.2) is 9.37 Å². The summed E-state index contributed by atoms with van der Waals surface area (Å²) in [6.07, 6.45) is 1.55. The fourth-order valence-corrected chi connectivity index (χ4v) is 2.25. The number of anilines is 2. The van der Waals surface area contributed by atoms with Gasteiger partial charge in [0, 0.05) is 12.7 Å². The van der Waals surface area contributed by atoms with Crippen LogP contribution < -0.4 is 10.6 Å². The third kappa shape index (κ3) is 3.76. The third-order valence-electron chi connectivity index (χ3n) is 3.48. The molecule has 24 heavy (non-hydrogen) atoms. The lowest BCUT2D eigenvalue weighted by atomic mass is 10.2. The molecule has 3 aromatic rings. The van der Waals surface area contributed by atoms with Crippen LogP contribution in [0.3, 0.4) is 0 Å². The molecule has 4 nitrogen and oxygen atoms in total. The fourth-order valence-electron chi connectivity index (χ4n) is 2.25. The molecule has 1 aromatic heterocycles. The van der Waals surface area contributed by atoms with Crippen molar-refractivity contribution in [2.45, 2.75) is 6.54 Å². The molecule has 2 aromatic carbocycles. The van der Waals surface area contributed by atoms with Crippen LogP contribution in [-0.2, 0) is 6.54 Å². The van der Waals surface area contributed by atoms with Crippen molar-refractivity contribution in [3.05, 3.63) is 89.9 Å². The van der Waals surface area contributed by atoms with Gasteiger partial charge in [0.15, 0.2) is 0 Å². The quantitative estimate of drug-likeness (QED) is 0.749. The van der Waals surface area contributed by atoms with E-state index in [4.69, 9.17) is 0 Å². The van der Waals surface area contributed by atoms with Crippen molar-refractivity contribution in [1.29, 1.82) is 0 Å². The summed E-state index contributed by atoms with van der Waals surface area (Å²) in [5.41, 5.74) is 1.63. The van der Waals surface area contributed by atoms with E-state index in [1.165, 1.54) is 6.07 Å². The Labute approximate surface area is 139 Å². The first-order valence-corrected chi connectivity index (χ1v) is 7.53. The Hall–Kier alpha value is -3.21. The fraction of sp³-hybridized carbons (Fsp3) is 0.0526. The number of pyridine rings is 1. The first-order chi connectivity index (χ1) is 11.7. The Morgan fingerprint density at radius 3 is 2.50 bits per heavy atom. The van der Waals surface area contributed by atoms with Crippen LogP contribution in [-0.4, -0.2) is 10.9 Å². The molecule has 0 saturated carbocycles. The zero-order valence-electron chi connectivity index (χ0n) is 12.9. The average Bonchev–Trinajstić information content (AvgIpc) is 2.63. The molecule has 0 fully saturated rings. The predicted molar refractivity (Wildman–Crippen MR) is 91.5 cm³/mol. The van der Waals surface area contributed by atoms with Gasteiger partial charge in [0.1, 0.15) is 11.6 Å². The van der Waals surface area contributed by atoms with E-state index in [0.717, 1.165) is 5.56 Å². The molecule has 0 saturated heterocycles. The maximum absolute atomic E-state index is 13.8. The average molecular weight is 321 g/mol. The molecular formula is C19H16FN3O. The van der Waals surface area contributed by atoms with Crippen molar-refractivity contribution in [3.8, 4) is 0 Å². The van der Waals surface area contributed by atoms with Gasteiger partial charge in [0.25, 0.3) is 5.91 Å². The summed E-state index contributed by atoms with van der Waals surface area (Å²) < 4.78 is 13.8. The Morgan fingerprint density at radius 2 is 1.71 bits per heavy atom. The molecule has 0 aliphatic rings. The maximum Gasteiger partial charge on any atom is 0.255 e. The molecular weight excluding hydrogens is 305 g/mol. The first-order valence-electron chi connectivity index (χ1n) is 7.53. The van der Waals surface area contributed by atoms with Crippen molar-refractivity contribution in [2.75, 3.05) is 5.32 Å². The normalized spacial score (nSPS) is 10.2. The Morgan fingerprint density at radius 1 is 0.958 bits per heavy atom. The molecule has 1 heterocycles. The van der Waals surface area contributed by atoms with Crippen molar-refractivity contribution >= 4 is 17.4 Å². The smallest absolute Gasteiger partial charge is 0.255 e. The van der Waals surface area contributed by atoms with E-state index >= 15 is 0 Å². The van der Waals surface area contributed by atoms with Crippen molar-refractivity contribution in [1.82, 2.24) is 10.3 Å². The van der Waals surface area contributed by atoms with Crippen molar-refractivity contribution < 1.29 is 9.18 Å². The van der Waals surface area contributed by atoms with E-state index < -0.39 is 5.82 Å². The van der Waals surface area contributed by atoms with E-state index in [1.54, 1.807) is 36.5 Å². The number of para-hydroxylation sites is 1. The van der Waals surface area contributed by atoms with Gasteiger partial charge in [0.2, 0.25) is 0 Å². The number of hydrogen-bond donors (Lipinski definition) is 2. The van der Waals surface area contributed by atoms with E-state index in [9.17, 15) is 9.18 Å². The highest BCUT2D eigenvalue weighted by atomic mass is 19.1. The maximum atomic E-state index is 13.8. The van der Waals surface area contributed by atoms with Gasteiger partial charge in [-0.05, 0) is 29.8 Å². The third-order valence-corrected chi connectivity index (χ3v) is 3.48. The van der Waals surface area contributed by atoms with Gasteiger partial charge in [-0.1, -0.05) is 42.5 Å². The zero-order chi connectivity index (χ0) is 16.8. The highest BCUT2D eigenvalue weighted by molar-refractivity contribution is 5.99. The first kappa shape index (κ1) is 15.7. The molecule has 0 aliphatic carbocycles.